The van der Waals surface area contributed by atoms with Crippen LogP contribution in [0.1, 0.15) is 5.56 Å². The predicted molar refractivity (Wildman–Crippen MR) is 74.5 cm³/mol. The van der Waals surface area contributed by atoms with Gasteiger partial charge in [0.05, 0.1) is 5.02 Å². The van der Waals surface area contributed by atoms with Crippen molar-refractivity contribution < 1.29 is 0 Å². The lowest BCUT2D eigenvalue weighted by atomic mass is 10.1. The highest BCUT2D eigenvalue weighted by Gasteiger charge is 2.02. The first-order valence-corrected chi connectivity index (χ1v) is 6.70. The quantitative estimate of drug-likeness (QED) is 0.677. The van der Waals surface area contributed by atoms with Gasteiger partial charge >= 0.3 is 0 Å². The Balaban J connectivity index is 1.93. The van der Waals surface area contributed by atoms with Gasteiger partial charge in [-0.15, -0.1) is 11.8 Å². The van der Waals surface area contributed by atoms with Crippen LogP contribution in [-0.2, 0) is 6.42 Å². The number of rotatable bonds is 4. The highest BCUT2D eigenvalue weighted by molar-refractivity contribution is 7.99. The van der Waals surface area contributed by atoms with Gasteiger partial charge < -0.3 is 5.73 Å². The van der Waals surface area contributed by atoms with Crippen molar-refractivity contribution in [1.29, 1.82) is 0 Å². The number of anilines is 1. The van der Waals surface area contributed by atoms with E-state index in [1.807, 2.05) is 30.3 Å². The fraction of sp³-hybridized carbons (Fsp3) is 0.154. The summed E-state index contributed by atoms with van der Waals surface area (Å²) in [5.74, 6) is 0.922. The third-order valence-corrected chi connectivity index (χ3v) is 3.81. The Kier molecular flexibility index (Phi) is 4.29. The molecule has 4 heteroatoms. The molecule has 0 atom stereocenters. The number of halogens is 1. The number of nitrogens with two attached hydrogens (primary N) is 1. The first kappa shape index (κ1) is 12.3. The Morgan fingerprint density at radius 3 is 2.76 bits per heavy atom. The maximum absolute atomic E-state index is 6.03. The number of benzene rings is 1. The topological polar surface area (TPSA) is 38.9 Å². The molecule has 1 heterocycles. The highest BCUT2D eigenvalue weighted by atomic mass is 35.5. The number of para-hydroxylation sites is 1. The molecular weight excluding hydrogens is 252 g/mol. The molecule has 0 amide bonds. The summed E-state index contributed by atoms with van der Waals surface area (Å²) in [6.07, 6.45) is 2.68. The Bertz CT molecular complexity index is 457. The Morgan fingerprint density at radius 2 is 2.00 bits per heavy atom. The van der Waals surface area contributed by atoms with Crippen LogP contribution in [0.4, 0.5) is 5.69 Å². The number of nitrogens with zero attached hydrogens (tertiary/aromatic N) is 1. The van der Waals surface area contributed by atoms with Crippen LogP contribution in [0.25, 0.3) is 0 Å². The third kappa shape index (κ3) is 3.38. The molecule has 2 aromatic rings. The van der Waals surface area contributed by atoms with Gasteiger partial charge in [-0.25, -0.2) is 4.98 Å². The van der Waals surface area contributed by atoms with Gasteiger partial charge in [0.15, 0.2) is 0 Å². The lowest BCUT2D eigenvalue weighted by Crippen LogP contribution is -1.96. The van der Waals surface area contributed by atoms with Crippen LogP contribution in [0, 0.1) is 0 Å². The molecule has 0 bridgehead atoms. The average molecular weight is 265 g/mol. The van der Waals surface area contributed by atoms with Crippen molar-refractivity contribution in [1.82, 2.24) is 4.98 Å². The van der Waals surface area contributed by atoms with E-state index in [-0.39, 0.29) is 0 Å². The number of thioether (sulfide) groups is 1. The molecule has 2 rings (SSSR count). The summed E-state index contributed by atoms with van der Waals surface area (Å²) in [5, 5.41) is 1.59. The lowest BCUT2D eigenvalue weighted by molar-refractivity contribution is 1.11. The molecule has 0 unspecified atom stereocenters. The smallest absolute Gasteiger partial charge is 0.115 e. The second kappa shape index (κ2) is 5.94. The molecule has 17 heavy (non-hydrogen) atoms. The molecule has 0 fully saturated rings. The van der Waals surface area contributed by atoms with E-state index in [9.17, 15) is 0 Å². The summed E-state index contributed by atoms with van der Waals surface area (Å²) >= 11 is 7.68. The van der Waals surface area contributed by atoms with E-state index in [0.717, 1.165) is 22.9 Å². The van der Waals surface area contributed by atoms with Crippen LogP contribution >= 0.6 is 23.4 Å². The molecule has 88 valence electrons. The Labute approximate surface area is 110 Å². The van der Waals surface area contributed by atoms with E-state index in [2.05, 4.69) is 11.1 Å². The number of aryl methyl sites for hydroxylation is 1. The molecule has 0 saturated heterocycles. The summed E-state index contributed by atoms with van der Waals surface area (Å²) in [6, 6.07) is 11.6. The molecule has 0 aliphatic rings. The standard InChI is InChI=1S/C13H13ClN2S/c14-11-5-3-8-16-13(11)17-9-7-10-4-1-2-6-12(10)15/h1-6,8H,7,9,15H2. The zero-order valence-electron chi connectivity index (χ0n) is 9.27. The van der Waals surface area contributed by atoms with E-state index in [1.54, 1.807) is 18.0 Å². The van der Waals surface area contributed by atoms with Crippen molar-refractivity contribution >= 4 is 29.1 Å². The van der Waals surface area contributed by atoms with Gasteiger partial charge in [0.1, 0.15) is 5.03 Å². The van der Waals surface area contributed by atoms with Gasteiger partial charge in [-0.3, -0.25) is 0 Å². The van der Waals surface area contributed by atoms with Crippen molar-refractivity contribution in [3.05, 3.63) is 53.2 Å². The van der Waals surface area contributed by atoms with Gasteiger partial charge in [-0.1, -0.05) is 29.8 Å². The van der Waals surface area contributed by atoms with E-state index < -0.39 is 0 Å². The number of aromatic nitrogens is 1. The summed E-state index contributed by atoms with van der Waals surface area (Å²) < 4.78 is 0. The van der Waals surface area contributed by atoms with Gasteiger partial charge in [0, 0.05) is 17.6 Å². The summed E-state index contributed by atoms with van der Waals surface area (Å²) in [4.78, 5) is 4.23. The first-order chi connectivity index (χ1) is 8.27. The monoisotopic (exact) mass is 264 g/mol. The molecule has 2 nitrogen and oxygen atoms in total. The minimum absolute atomic E-state index is 0.707. The van der Waals surface area contributed by atoms with E-state index >= 15 is 0 Å². The molecule has 0 aliphatic carbocycles. The summed E-state index contributed by atoms with van der Waals surface area (Å²) in [6.45, 7) is 0. The molecule has 2 N–H and O–H groups in total. The SMILES string of the molecule is Nc1ccccc1CCSc1ncccc1Cl. The van der Waals surface area contributed by atoms with Gasteiger partial charge in [-0.05, 0) is 30.2 Å². The minimum Gasteiger partial charge on any atom is -0.399 e. The molecule has 1 aromatic carbocycles. The van der Waals surface area contributed by atoms with Crippen LogP contribution in [0.15, 0.2) is 47.6 Å². The van der Waals surface area contributed by atoms with Crippen molar-refractivity contribution in [2.24, 2.45) is 0 Å². The molecule has 1 aromatic heterocycles. The summed E-state index contributed by atoms with van der Waals surface area (Å²) in [7, 11) is 0. The molecule has 0 saturated carbocycles. The average Bonchev–Trinajstić information content (AvgIpc) is 2.34. The number of nitrogen functional groups attached to an aromatic ring is 1. The lowest BCUT2D eigenvalue weighted by Gasteiger charge is -2.05. The van der Waals surface area contributed by atoms with Crippen LogP contribution < -0.4 is 5.73 Å². The largest absolute Gasteiger partial charge is 0.399 e. The predicted octanol–water partition coefficient (Wildman–Crippen LogP) is 3.65. The van der Waals surface area contributed by atoms with Crippen molar-refractivity contribution in [2.45, 2.75) is 11.4 Å². The van der Waals surface area contributed by atoms with E-state index in [4.69, 9.17) is 17.3 Å². The van der Waals surface area contributed by atoms with Crippen molar-refractivity contribution in [3.8, 4) is 0 Å². The van der Waals surface area contributed by atoms with Gasteiger partial charge in [0.25, 0.3) is 0 Å². The van der Waals surface area contributed by atoms with Gasteiger partial charge in [0.2, 0.25) is 0 Å². The van der Waals surface area contributed by atoms with Crippen LogP contribution in [-0.4, -0.2) is 10.7 Å². The molecule has 0 radical (unpaired) electrons. The fourth-order valence-corrected chi connectivity index (χ4v) is 2.64. The Morgan fingerprint density at radius 1 is 1.18 bits per heavy atom. The zero-order valence-corrected chi connectivity index (χ0v) is 10.8. The fourth-order valence-electron chi connectivity index (χ4n) is 1.50. The second-order valence-corrected chi connectivity index (χ2v) is 5.08. The highest BCUT2D eigenvalue weighted by Crippen LogP contribution is 2.25. The van der Waals surface area contributed by atoms with Gasteiger partial charge in [-0.2, -0.15) is 0 Å². The summed E-state index contributed by atoms with van der Waals surface area (Å²) in [5.41, 5.74) is 7.90. The Hall–Kier alpha value is -1.19. The third-order valence-electron chi connectivity index (χ3n) is 2.39. The zero-order chi connectivity index (χ0) is 12.1. The number of pyridine rings is 1. The van der Waals surface area contributed by atoms with Crippen molar-refractivity contribution in [3.63, 3.8) is 0 Å². The first-order valence-electron chi connectivity index (χ1n) is 5.34. The second-order valence-electron chi connectivity index (χ2n) is 3.59. The normalized spacial score (nSPS) is 10.4. The van der Waals surface area contributed by atoms with Crippen LogP contribution in [0.5, 0.6) is 0 Å². The van der Waals surface area contributed by atoms with Crippen LogP contribution in [0.2, 0.25) is 5.02 Å². The van der Waals surface area contributed by atoms with E-state index in [0.29, 0.717) is 5.02 Å². The van der Waals surface area contributed by atoms with E-state index in [1.165, 1.54) is 5.56 Å². The van der Waals surface area contributed by atoms with Crippen LogP contribution in [0.3, 0.4) is 0 Å². The maximum Gasteiger partial charge on any atom is 0.115 e. The number of hydrogen-bond donors (Lipinski definition) is 1. The minimum atomic E-state index is 0.707. The number of hydrogen-bond acceptors (Lipinski definition) is 3. The van der Waals surface area contributed by atoms with Crippen molar-refractivity contribution in [2.75, 3.05) is 11.5 Å². The molecule has 0 spiro atoms. The maximum atomic E-state index is 6.03. The molecule has 0 aliphatic heterocycles. The molecular formula is C13H13ClN2S.